The summed E-state index contributed by atoms with van der Waals surface area (Å²) < 4.78 is 0. The van der Waals surface area contributed by atoms with Crippen LogP contribution in [0, 0.1) is 0 Å². The number of hydrogen-bond donors (Lipinski definition) is 3. The fourth-order valence-corrected chi connectivity index (χ4v) is 1.22. The summed E-state index contributed by atoms with van der Waals surface area (Å²) >= 11 is 4.66. The predicted octanol–water partition coefficient (Wildman–Crippen LogP) is -0.902. The van der Waals surface area contributed by atoms with E-state index in [-0.39, 0.29) is 11.9 Å². The molecule has 4 nitrogen and oxygen atoms in total. The number of piperidine rings is 1. The lowest BCUT2D eigenvalue weighted by molar-refractivity contribution is -0.122. The van der Waals surface area contributed by atoms with E-state index in [2.05, 4.69) is 22.9 Å². The lowest BCUT2D eigenvalue weighted by Crippen LogP contribution is -2.49. The summed E-state index contributed by atoms with van der Waals surface area (Å²) in [6.45, 7) is 0.621. The Hall–Kier alpha value is -0.840. The van der Waals surface area contributed by atoms with E-state index in [9.17, 15) is 4.79 Å². The molecule has 1 fully saturated rings. The van der Waals surface area contributed by atoms with Crippen LogP contribution in [-0.2, 0) is 4.79 Å². The molecule has 0 bridgehead atoms. The maximum atomic E-state index is 10.7. The van der Waals surface area contributed by atoms with Crippen molar-refractivity contribution in [1.82, 2.24) is 10.6 Å². The molecule has 1 atom stereocenters. The molecule has 1 aliphatic heterocycles. The van der Waals surface area contributed by atoms with Crippen molar-refractivity contribution in [1.29, 1.82) is 0 Å². The molecule has 62 valence electrons. The third-order valence-electron chi connectivity index (χ3n) is 1.61. The van der Waals surface area contributed by atoms with Crippen molar-refractivity contribution in [2.45, 2.75) is 18.9 Å². The minimum absolute atomic E-state index is 0.103. The Kier molecular flexibility index (Phi) is 2.64. The fourth-order valence-electron chi connectivity index (χ4n) is 1.06. The minimum Gasteiger partial charge on any atom is -0.376 e. The van der Waals surface area contributed by atoms with Crippen molar-refractivity contribution in [2.75, 3.05) is 6.54 Å². The lowest BCUT2D eigenvalue weighted by Gasteiger charge is -2.23. The molecule has 0 aromatic rings. The van der Waals surface area contributed by atoms with E-state index in [0.717, 1.165) is 6.42 Å². The summed E-state index contributed by atoms with van der Waals surface area (Å²) in [5.74, 6) is 0.103. The van der Waals surface area contributed by atoms with Gasteiger partial charge in [-0.15, -0.1) is 0 Å². The van der Waals surface area contributed by atoms with E-state index in [1.165, 1.54) is 0 Å². The SMILES string of the molecule is NC(=S)NC1CCC(=O)NC1. The van der Waals surface area contributed by atoms with Gasteiger partial charge in [-0.1, -0.05) is 0 Å². The molecular weight excluding hydrogens is 162 g/mol. The van der Waals surface area contributed by atoms with Crippen molar-refractivity contribution in [3.63, 3.8) is 0 Å². The first-order chi connectivity index (χ1) is 5.18. The van der Waals surface area contributed by atoms with E-state index < -0.39 is 0 Å². The number of nitrogens with two attached hydrogens (primary N) is 1. The van der Waals surface area contributed by atoms with Crippen LogP contribution in [0.4, 0.5) is 0 Å². The highest BCUT2D eigenvalue weighted by Crippen LogP contribution is 2.01. The van der Waals surface area contributed by atoms with Crippen LogP contribution in [0.1, 0.15) is 12.8 Å². The lowest BCUT2D eigenvalue weighted by atomic mass is 10.1. The third-order valence-corrected chi connectivity index (χ3v) is 1.73. The molecular formula is C6H11N3OS. The Morgan fingerprint density at radius 1 is 1.82 bits per heavy atom. The van der Waals surface area contributed by atoms with Gasteiger partial charge in [0, 0.05) is 19.0 Å². The molecule has 1 unspecified atom stereocenters. The molecule has 1 saturated heterocycles. The van der Waals surface area contributed by atoms with Crippen molar-refractivity contribution in [3.8, 4) is 0 Å². The maximum Gasteiger partial charge on any atom is 0.220 e. The molecule has 4 N–H and O–H groups in total. The molecule has 1 heterocycles. The largest absolute Gasteiger partial charge is 0.376 e. The Bertz CT molecular complexity index is 173. The number of amides is 1. The molecule has 11 heavy (non-hydrogen) atoms. The fraction of sp³-hybridized carbons (Fsp3) is 0.667. The maximum absolute atomic E-state index is 10.7. The van der Waals surface area contributed by atoms with Crippen LogP contribution in [0.2, 0.25) is 0 Å². The van der Waals surface area contributed by atoms with Crippen LogP contribution < -0.4 is 16.4 Å². The second-order valence-corrected chi connectivity index (χ2v) is 2.99. The molecule has 1 amide bonds. The zero-order chi connectivity index (χ0) is 8.27. The summed E-state index contributed by atoms with van der Waals surface area (Å²) in [4.78, 5) is 10.7. The summed E-state index contributed by atoms with van der Waals surface area (Å²) in [6.07, 6.45) is 1.36. The van der Waals surface area contributed by atoms with Gasteiger partial charge in [0.15, 0.2) is 5.11 Å². The Morgan fingerprint density at radius 2 is 2.55 bits per heavy atom. The van der Waals surface area contributed by atoms with Crippen LogP contribution >= 0.6 is 12.2 Å². The number of thiocarbonyl (C=S) groups is 1. The Labute approximate surface area is 70.5 Å². The van der Waals surface area contributed by atoms with Gasteiger partial charge in [0.1, 0.15) is 0 Å². The highest BCUT2D eigenvalue weighted by molar-refractivity contribution is 7.80. The standard InChI is InChI=1S/C6H11N3OS/c7-6(11)9-4-1-2-5(10)8-3-4/h4H,1-3H2,(H,8,10)(H3,7,9,11). The van der Waals surface area contributed by atoms with Crippen molar-refractivity contribution in [3.05, 3.63) is 0 Å². The van der Waals surface area contributed by atoms with Gasteiger partial charge in [0.05, 0.1) is 0 Å². The molecule has 0 saturated carbocycles. The molecule has 0 aliphatic carbocycles. The quantitative estimate of drug-likeness (QED) is 0.449. The highest BCUT2D eigenvalue weighted by Gasteiger charge is 2.17. The van der Waals surface area contributed by atoms with Gasteiger partial charge < -0.3 is 16.4 Å². The third kappa shape index (κ3) is 2.71. The number of carbonyl (C=O) groups is 1. The second kappa shape index (κ2) is 3.52. The van der Waals surface area contributed by atoms with Crippen molar-refractivity contribution >= 4 is 23.2 Å². The minimum atomic E-state index is 0.103. The van der Waals surface area contributed by atoms with E-state index in [0.29, 0.717) is 18.1 Å². The summed E-state index contributed by atoms with van der Waals surface area (Å²) in [7, 11) is 0. The van der Waals surface area contributed by atoms with Gasteiger partial charge in [-0.3, -0.25) is 4.79 Å². The number of hydrogen-bond acceptors (Lipinski definition) is 2. The molecule has 0 aromatic heterocycles. The molecule has 1 rings (SSSR count). The molecule has 0 radical (unpaired) electrons. The average molecular weight is 173 g/mol. The summed E-state index contributed by atoms with van der Waals surface area (Å²) in [6, 6.07) is 0.213. The highest BCUT2D eigenvalue weighted by atomic mass is 32.1. The van der Waals surface area contributed by atoms with Crippen LogP contribution in [0.15, 0.2) is 0 Å². The summed E-state index contributed by atoms with van der Waals surface area (Å²) in [5, 5.41) is 5.91. The number of nitrogens with one attached hydrogen (secondary N) is 2. The van der Waals surface area contributed by atoms with Gasteiger partial charge in [-0.2, -0.15) is 0 Å². The van der Waals surface area contributed by atoms with Crippen LogP contribution in [-0.4, -0.2) is 23.6 Å². The Balaban J connectivity index is 2.28. The van der Waals surface area contributed by atoms with Gasteiger partial charge in [-0.25, -0.2) is 0 Å². The molecule has 1 aliphatic rings. The second-order valence-electron chi connectivity index (χ2n) is 2.55. The van der Waals surface area contributed by atoms with Gasteiger partial charge in [-0.05, 0) is 18.6 Å². The normalized spacial score (nSPS) is 24.0. The zero-order valence-electron chi connectivity index (χ0n) is 6.09. The van der Waals surface area contributed by atoms with Crippen LogP contribution in [0.3, 0.4) is 0 Å². The smallest absolute Gasteiger partial charge is 0.220 e. The topological polar surface area (TPSA) is 67.1 Å². The van der Waals surface area contributed by atoms with Gasteiger partial charge >= 0.3 is 0 Å². The first-order valence-electron chi connectivity index (χ1n) is 3.51. The first-order valence-corrected chi connectivity index (χ1v) is 3.92. The average Bonchev–Trinajstić information content (AvgIpc) is 1.93. The number of rotatable bonds is 1. The monoisotopic (exact) mass is 173 g/mol. The van der Waals surface area contributed by atoms with Crippen molar-refractivity contribution < 1.29 is 4.79 Å². The zero-order valence-corrected chi connectivity index (χ0v) is 6.91. The van der Waals surface area contributed by atoms with Gasteiger partial charge in [0.2, 0.25) is 5.91 Å². The molecule has 5 heteroatoms. The van der Waals surface area contributed by atoms with E-state index in [1.807, 2.05) is 0 Å². The van der Waals surface area contributed by atoms with E-state index in [1.54, 1.807) is 0 Å². The van der Waals surface area contributed by atoms with Gasteiger partial charge in [0.25, 0.3) is 0 Å². The van der Waals surface area contributed by atoms with Crippen molar-refractivity contribution in [2.24, 2.45) is 5.73 Å². The van der Waals surface area contributed by atoms with Crippen LogP contribution in [0.5, 0.6) is 0 Å². The van der Waals surface area contributed by atoms with Crippen LogP contribution in [0.25, 0.3) is 0 Å². The van der Waals surface area contributed by atoms with E-state index >= 15 is 0 Å². The number of carbonyl (C=O) groups excluding carboxylic acids is 1. The molecule has 0 aromatic carbocycles. The summed E-state index contributed by atoms with van der Waals surface area (Å²) in [5.41, 5.74) is 5.27. The molecule has 0 spiro atoms. The Morgan fingerprint density at radius 3 is 3.00 bits per heavy atom. The van der Waals surface area contributed by atoms with E-state index in [4.69, 9.17) is 5.73 Å². The predicted molar refractivity (Wildman–Crippen MR) is 46.0 cm³/mol. The first kappa shape index (κ1) is 8.26.